The van der Waals surface area contributed by atoms with E-state index in [0.29, 0.717) is 0 Å². The van der Waals surface area contributed by atoms with Gasteiger partial charge in [0.15, 0.2) is 0 Å². The Balaban J connectivity index is 0.000001000. The van der Waals surface area contributed by atoms with E-state index in [-0.39, 0.29) is 12.4 Å². The third-order valence-corrected chi connectivity index (χ3v) is 2.43. The first-order chi connectivity index (χ1) is 4.77. The second-order valence-electron chi connectivity index (χ2n) is 3.53. The summed E-state index contributed by atoms with van der Waals surface area (Å²) in [5.41, 5.74) is 0. The number of halogens is 1. The molecule has 1 rings (SSSR count). The van der Waals surface area contributed by atoms with E-state index in [1.807, 2.05) is 0 Å². The molecule has 1 aliphatic heterocycles. The molecular weight excluding hydrogens is 158 g/mol. The smallest absolute Gasteiger partial charge is 0.0971 e. The lowest BCUT2D eigenvalue weighted by atomic mass is 10.4. The highest BCUT2D eigenvalue weighted by Crippen LogP contribution is 2.15. The molecule has 0 aromatic carbocycles. The number of rotatable bonds is 2. The summed E-state index contributed by atoms with van der Waals surface area (Å²) in [6.07, 6.45) is 7.29. The van der Waals surface area contributed by atoms with E-state index in [4.69, 9.17) is 0 Å². The number of hydrogen-bond donors (Lipinski definition) is 0. The second kappa shape index (κ2) is 4.78. The Kier molecular flexibility index (Phi) is 4.78. The molecule has 66 valence electrons. The van der Waals surface area contributed by atoms with Crippen LogP contribution in [0.15, 0.2) is 12.2 Å². The molecule has 0 aromatic rings. The van der Waals surface area contributed by atoms with Gasteiger partial charge in [-0.25, -0.2) is 0 Å². The van der Waals surface area contributed by atoms with Crippen LogP contribution in [0, 0.1) is 0 Å². The van der Waals surface area contributed by atoms with Crippen molar-refractivity contribution in [1.82, 2.24) is 0 Å². The quantitative estimate of drug-likeness (QED) is 0.366. The summed E-state index contributed by atoms with van der Waals surface area (Å²) in [7, 11) is 2.35. The highest BCUT2D eigenvalue weighted by Gasteiger charge is 2.24. The fourth-order valence-electron chi connectivity index (χ4n) is 1.64. The molecule has 0 N–H and O–H groups in total. The zero-order valence-corrected chi connectivity index (χ0v) is 8.27. The van der Waals surface area contributed by atoms with Crippen LogP contribution in [0.4, 0.5) is 0 Å². The zero-order valence-electron chi connectivity index (χ0n) is 7.52. The van der Waals surface area contributed by atoms with Crippen LogP contribution >= 0.6 is 0 Å². The summed E-state index contributed by atoms with van der Waals surface area (Å²) < 4.78 is 1.27. The highest BCUT2D eigenvalue weighted by molar-refractivity contribution is 4.77. The molecule has 0 aromatic heterocycles. The molecule has 0 unspecified atom stereocenters. The largest absolute Gasteiger partial charge is 1.00 e. The molecule has 0 spiro atoms. The summed E-state index contributed by atoms with van der Waals surface area (Å²) in [5.74, 6) is 0. The third-order valence-electron chi connectivity index (χ3n) is 2.43. The van der Waals surface area contributed by atoms with Crippen LogP contribution < -0.4 is 12.4 Å². The molecule has 0 atom stereocenters. The van der Waals surface area contributed by atoms with Crippen molar-refractivity contribution >= 4 is 0 Å². The van der Waals surface area contributed by atoms with Gasteiger partial charge in [0, 0.05) is 12.8 Å². The summed E-state index contributed by atoms with van der Waals surface area (Å²) in [6, 6.07) is 0. The lowest BCUT2D eigenvalue weighted by molar-refractivity contribution is -0.891. The Morgan fingerprint density at radius 3 is 2.27 bits per heavy atom. The minimum atomic E-state index is 0. The minimum absolute atomic E-state index is 0. The van der Waals surface area contributed by atoms with Gasteiger partial charge in [-0.15, -0.1) is 0 Å². The molecule has 1 aliphatic rings. The Labute approximate surface area is 76.1 Å². The standard InChI is InChI=1S/C9H18N.ClH/c1-3-4-7-10(2)8-5-6-9-10;/h3-4H,5-9H2,1-2H3;1H/q+1;/p-1. The average Bonchev–Trinajstić information content (AvgIpc) is 2.33. The third kappa shape index (κ3) is 3.26. The van der Waals surface area contributed by atoms with Gasteiger partial charge in [-0.3, -0.25) is 0 Å². The van der Waals surface area contributed by atoms with E-state index in [1.54, 1.807) is 0 Å². The Morgan fingerprint density at radius 2 is 1.82 bits per heavy atom. The number of allylic oxidation sites excluding steroid dienone is 1. The molecular formula is C9H18ClN. The van der Waals surface area contributed by atoms with Crippen molar-refractivity contribution in [3.8, 4) is 0 Å². The molecule has 11 heavy (non-hydrogen) atoms. The lowest BCUT2D eigenvalue weighted by Gasteiger charge is -2.27. The molecule has 0 saturated carbocycles. The maximum absolute atomic E-state index is 2.35. The molecule has 1 saturated heterocycles. The highest BCUT2D eigenvalue weighted by atomic mass is 35.5. The average molecular weight is 176 g/mol. The van der Waals surface area contributed by atoms with E-state index < -0.39 is 0 Å². The Bertz CT molecular complexity index is 126. The molecule has 0 bridgehead atoms. The predicted octanol–water partition coefficient (Wildman–Crippen LogP) is -1.19. The number of likely N-dealkylation sites (tertiary alicyclic amines) is 1. The molecule has 0 amide bonds. The van der Waals surface area contributed by atoms with Gasteiger partial charge in [-0.2, -0.15) is 0 Å². The number of nitrogens with zero attached hydrogens (tertiary/aromatic N) is 1. The number of hydrogen-bond acceptors (Lipinski definition) is 0. The lowest BCUT2D eigenvalue weighted by Crippen LogP contribution is -3.00. The van der Waals surface area contributed by atoms with Crippen molar-refractivity contribution in [3.63, 3.8) is 0 Å². The molecule has 0 radical (unpaired) electrons. The van der Waals surface area contributed by atoms with Gasteiger partial charge in [-0.05, 0) is 13.0 Å². The minimum Gasteiger partial charge on any atom is -1.00 e. The van der Waals surface area contributed by atoms with Crippen molar-refractivity contribution in [3.05, 3.63) is 12.2 Å². The zero-order chi connectivity index (χ0) is 7.45. The van der Waals surface area contributed by atoms with Gasteiger partial charge in [0.2, 0.25) is 0 Å². The van der Waals surface area contributed by atoms with Crippen LogP contribution in [0.5, 0.6) is 0 Å². The van der Waals surface area contributed by atoms with Gasteiger partial charge in [0.1, 0.15) is 0 Å². The van der Waals surface area contributed by atoms with E-state index in [1.165, 1.54) is 37.0 Å². The van der Waals surface area contributed by atoms with Crippen molar-refractivity contribution in [2.24, 2.45) is 0 Å². The Morgan fingerprint density at radius 1 is 1.27 bits per heavy atom. The normalized spacial score (nSPS) is 22.0. The summed E-state index contributed by atoms with van der Waals surface area (Å²) >= 11 is 0. The van der Waals surface area contributed by atoms with Crippen molar-refractivity contribution in [2.45, 2.75) is 19.8 Å². The first-order valence-electron chi connectivity index (χ1n) is 4.21. The fraction of sp³-hybridized carbons (Fsp3) is 0.778. The van der Waals surface area contributed by atoms with Gasteiger partial charge >= 0.3 is 0 Å². The maximum Gasteiger partial charge on any atom is 0.0971 e. The molecule has 1 fully saturated rings. The molecule has 1 nitrogen and oxygen atoms in total. The summed E-state index contributed by atoms with van der Waals surface area (Å²) in [4.78, 5) is 0. The van der Waals surface area contributed by atoms with E-state index >= 15 is 0 Å². The van der Waals surface area contributed by atoms with Crippen molar-refractivity contribution in [1.29, 1.82) is 0 Å². The van der Waals surface area contributed by atoms with Gasteiger partial charge in [-0.1, -0.05) is 6.08 Å². The first-order valence-corrected chi connectivity index (χ1v) is 4.21. The number of likely N-dealkylation sites (N-methyl/N-ethyl adjacent to an activating group) is 1. The topological polar surface area (TPSA) is 0 Å². The monoisotopic (exact) mass is 175 g/mol. The van der Waals surface area contributed by atoms with Gasteiger partial charge in [0.25, 0.3) is 0 Å². The van der Waals surface area contributed by atoms with Crippen LogP contribution in [0.25, 0.3) is 0 Å². The van der Waals surface area contributed by atoms with Crippen LogP contribution in [-0.4, -0.2) is 31.2 Å². The van der Waals surface area contributed by atoms with Crippen LogP contribution in [0.1, 0.15) is 19.8 Å². The van der Waals surface area contributed by atoms with Crippen LogP contribution in [0.3, 0.4) is 0 Å². The maximum atomic E-state index is 2.35. The van der Waals surface area contributed by atoms with E-state index in [9.17, 15) is 0 Å². The first kappa shape index (κ1) is 11.0. The van der Waals surface area contributed by atoms with Crippen molar-refractivity contribution < 1.29 is 16.9 Å². The molecule has 1 heterocycles. The predicted molar refractivity (Wildman–Crippen MR) is 44.8 cm³/mol. The molecule has 2 heteroatoms. The van der Waals surface area contributed by atoms with Crippen LogP contribution in [-0.2, 0) is 0 Å². The SMILES string of the molecule is CC=CC[N+]1(C)CCCC1.[Cl-]. The molecule has 0 aliphatic carbocycles. The summed E-state index contributed by atoms with van der Waals surface area (Å²) in [6.45, 7) is 6.09. The van der Waals surface area contributed by atoms with Crippen LogP contribution in [0.2, 0.25) is 0 Å². The fourth-order valence-corrected chi connectivity index (χ4v) is 1.64. The van der Waals surface area contributed by atoms with E-state index in [2.05, 4.69) is 26.1 Å². The summed E-state index contributed by atoms with van der Waals surface area (Å²) in [5, 5.41) is 0. The Hall–Kier alpha value is -0.0100. The van der Waals surface area contributed by atoms with Gasteiger partial charge < -0.3 is 16.9 Å². The number of quaternary nitrogens is 1. The second-order valence-corrected chi connectivity index (χ2v) is 3.53. The van der Waals surface area contributed by atoms with Crippen molar-refractivity contribution in [2.75, 3.05) is 26.7 Å². The van der Waals surface area contributed by atoms with E-state index in [0.717, 1.165) is 0 Å². The van der Waals surface area contributed by atoms with Gasteiger partial charge in [0.05, 0.1) is 26.7 Å².